The molecule has 1 aromatic carbocycles. The van der Waals surface area contributed by atoms with E-state index in [0.717, 1.165) is 30.5 Å². The first-order valence-electron chi connectivity index (χ1n) is 4.96. The summed E-state index contributed by atoms with van der Waals surface area (Å²) < 4.78 is 1.14. The van der Waals surface area contributed by atoms with Gasteiger partial charge in [-0.3, -0.25) is 4.90 Å². The minimum absolute atomic E-state index is 0. The third-order valence-corrected chi connectivity index (χ3v) is 3.16. The first kappa shape index (κ1) is 13.0. The molecule has 0 amide bonds. The maximum atomic E-state index is 5.85. The fraction of sp³-hybridized carbons (Fsp3) is 0.455. The van der Waals surface area contributed by atoms with Gasteiger partial charge in [0.15, 0.2) is 0 Å². The molecule has 1 aliphatic rings. The van der Waals surface area contributed by atoms with E-state index < -0.39 is 0 Å². The van der Waals surface area contributed by atoms with Crippen LogP contribution < -0.4 is 5.73 Å². The topological polar surface area (TPSA) is 29.3 Å². The van der Waals surface area contributed by atoms with Gasteiger partial charge < -0.3 is 5.73 Å². The highest BCUT2D eigenvalue weighted by Gasteiger charge is 2.18. The van der Waals surface area contributed by atoms with Gasteiger partial charge in [-0.25, -0.2) is 0 Å². The van der Waals surface area contributed by atoms with Crippen molar-refractivity contribution in [3.05, 3.63) is 34.3 Å². The molecule has 84 valence electrons. The molecule has 2 rings (SSSR count). The Kier molecular flexibility index (Phi) is 5.06. The van der Waals surface area contributed by atoms with Gasteiger partial charge in [0.05, 0.1) is 0 Å². The van der Waals surface area contributed by atoms with E-state index in [1.165, 1.54) is 5.56 Å². The van der Waals surface area contributed by atoms with E-state index in [0.29, 0.717) is 6.04 Å². The summed E-state index contributed by atoms with van der Waals surface area (Å²) in [6.45, 7) is 3.20. The smallest absolute Gasteiger partial charge is 0.0234 e. The second-order valence-corrected chi connectivity index (χ2v) is 4.83. The molecule has 1 aliphatic heterocycles. The molecule has 1 fully saturated rings. The molecule has 0 bridgehead atoms. The lowest BCUT2D eigenvalue weighted by molar-refractivity contribution is 0.327. The largest absolute Gasteiger partial charge is 0.326 e. The Labute approximate surface area is 105 Å². The summed E-state index contributed by atoms with van der Waals surface area (Å²) in [7, 11) is 0. The summed E-state index contributed by atoms with van der Waals surface area (Å²) in [4.78, 5) is 2.41. The average molecular weight is 292 g/mol. The van der Waals surface area contributed by atoms with Crippen LogP contribution in [0.2, 0.25) is 0 Å². The van der Waals surface area contributed by atoms with Gasteiger partial charge in [0, 0.05) is 30.1 Å². The zero-order valence-electron chi connectivity index (χ0n) is 8.53. The quantitative estimate of drug-likeness (QED) is 0.907. The second-order valence-electron chi connectivity index (χ2n) is 3.91. The third-order valence-electron chi connectivity index (χ3n) is 2.63. The van der Waals surface area contributed by atoms with Crippen LogP contribution >= 0.6 is 28.3 Å². The van der Waals surface area contributed by atoms with Gasteiger partial charge in [-0.15, -0.1) is 12.4 Å². The van der Waals surface area contributed by atoms with Crippen LogP contribution in [0.15, 0.2) is 28.7 Å². The molecule has 0 aliphatic carbocycles. The Morgan fingerprint density at radius 2 is 2.00 bits per heavy atom. The Bertz CT molecular complexity index is 302. The zero-order chi connectivity index (χ0) is 9.97. The van der Waals surface area contributed by atoms with E-state index in [-0.39, 0.29) is 12.4 Å². The number of nitrogens with zero attached hydrogens (tertiary/aromatic N) is 1. The number of nitrogens with two attached hydrogens (primary N) is 1. The number of hydrogen-bond acceptors (Lipinski definition) is 2. The van der Waals surface area contributed by atoms with Crippen molar-refractivity contribution in [1.82, 2.24) is 4.90 Å². The number of benzene rings is 1. The minimum Gasteiger partial charge on any atom is -0.326 e. The van der Waals surface area contributed by atoms with E-state index in [4.69, 9.17) is 5.73 Å². The zero-order valence-corrected chi connectivity index (χ0v) is 10.9. The highest BCUT2D eigenvalue weighted by molar-refractivity contribution is 9.10. The molecule has 2 N–H and O–H groups in total. The van der Waals surface area contributed by atoms with E-state index >= 15 is 0 Å². The summed E-state index contributed by atoms with van der Waals surface area (Å²) in [5.41, 5.74) is 7.22. The van der Waals surface area contributed by atoms with E-state index in [1.54, 1.807) is 0 Å². The van der Waals surface area contributed by atoms with Crippen molar-refractivity contribution in [3.63, 3.8) is 0 Å². The molecular weight excluding hydrogens is 275 g/mol. The van der Waals surface area contributed by atoms with E-state index in [1.807, 2.05) is 0 Å². The standard InChI is InChI=1S/C11H15BrN2.ClH/c12-10-3-1-9(2-4-10)7-14-6-5-11(13)8-14;/h1-4,11H,5-8,13H2;1H/t11-;/m1./s1. The normalized spacial score (nSPS) is 21.3. The Morgan fingerprint density at radius 1 is 1.33 bits per heavy atom. The van der Waals surface area contributed by atoms with Crippen LogP contribution in [-0.2, 0) is 6.54 Å². The molecule has 0 aromatic heterocycles. The predicted octanol–water partition coefficient (Wildman–Crippen LogP) is 2.40. The highest BCUT2D eigenvalue weighted by Crippen LogP contribution is 2.15. The molecule has 4 heteroatoms. The summed E-state index contributed by atoms with van der Waals surface area (Å²) in [6.07, 6.45) is 1.14. The summed E-state index contributed by atoms with van der Waals surface area (Å²) in [5, 5.41) is 0. The van der Waals surface area contributed by atoms with Crippen LogP contribution in [0.5, 0.6) is 0 Å². The van der Waals surface area contributed by atoms with Crippen molar-refractivity contribution in [2.24, 2.45) is 5.73 Å². The van der Waals surface area contributed by atoms with Gasteiger partial charge in [-0.1, -0.05) is 28.1 Å². The Balaban J connectivity index is 0.00000112. The summed E-state index contributed by atoms with van der Waals surface area (Å²) in [6, 6.07) is 8.88. The molecule has 1 heterocycles. The fourth-order valence-electron chi connectivity index (χ4n) is 1.85. The van der Waals surface area contributed by atoms with Gasteiger partial charge in [0.1, 0.15) is 0 Å². The highest BCUT2D eigenvalue weighted by atomic mass is 79.9. The van der Waals surface area contributed by atoms with Crippen LogP contribution in [-0.4, -0.2) is 24.0 Å². The monoisotopic (exact) mass is 290 g/mol. The maximum Gasteiger partial charge on any atom is 0.0234 e. The van der Waals surface area contributed by atoms with Crippen LogP contribution in [0.25, 0.3) is 0 Å². The number of halogens is 2. The first-order chi connectivity index (χ1) is 6.74. The molecule has 0 spiro atoms. The fourth-order valence-corrected chi connectivity index (χ4v) is 2.12. The van der Waals surface area contributed by atoms with Crippen LogP contribution in [0, 0.1) is 0 Å². The molecule has 1 aromatic rings. The molecule has 0 radical (unpaired) electrons. The summed E-state index contributed by atoms with van der Waals surface area (Å²) in [5.74, 6) is 0. The SMILES string of the molecule is Cl.N[C@@H]1CCN(Cc2ccc(Br)cc2)C1. The second kappa shape index (κ2) is 5.85. The van der Waals surface area contributed by atoms with Crippen LogP contribution in [0.1, 0.15) is 12.0 Å². The van der Waals surface area contributed by atoms with Gasteiger partial charge in [0.25, 0.3) is 0 Å². The molecule has 2 nitrogen and oxygen atoms in total. The first-order valence-corrected chi connectivity index (χ1v) is 5.76. The van der Waals surface area contributed by atoms with E-state index in [9.17, 15) is 0 Å². The average Bonchev–Trinajstić information content (AvgIpc) is 2.56. The maximum absolute atomic E-state index is 5.85. The van der Waals surface area contributed by atoms with Gasteiger partial charge in [0.2, 0.25) is 0 Å². The Morgan fingerprint density at radius 3 is 2.53 bits per heavy atom. The molecular formula is C11H16BrClN2. The molecule has 1 atom stereocenters. The van der Waals surface area contributed by atoms with Crippen LogP contribution in [0.3, 0.4) is 0 Å². The van der Waals surface area contributed by atoms with Crippen molar-refractivity contribution in [2.45, 2.75) is 19.0 Å². The lowest BCUT2D eigenvalue weighted by Crippen LogP contribution is -2.26. The third kappa shape index (κ3) is 3.76. The van der Waals surface area contributed by atoms with Crippen molar-refractivity contribution < 1.29 is 0 Å². The lowest BCUT2D eigenvalue weighted by Gasteiger charge is -2.14. The van der Waals surface area contributed by atoms with Gasteiger partial charge in [-0.2, -0.15) is 0 Å². The predicted molar refractivity (Wildman–Crippen MR) is 69.3 cm³/mol. The molecule has 1 saturated heterocycles. The van der Waals surface area contributed by atoms with Crippen LogP contribution in [0.4, 0.5) is 0 Å². The number of hydrogen-bond donors (Lipinski definition) is 1. The van der Waals surface area contributed by atoms with Crippen molar-refractivity contribution in [1.29, 1.82) is 0 Å². The Hall–Kier alpha value is -0.0900. The molecule has 15 heavy (non-hydrogen) atoms. The van der Waals surface area contributed by atoms with Gasteiger partial charge >= 0.3 is 0 Å². The number of likely N-dealkylation sites (tertiary alicyclic amines) is 1. The molecule has 0 unspecified atom stereocenters. The lowest BCUT2D eigenvalue weighted by atomic mass is 10.2. The van der Waals surface area contributed by atoms with Gasteiger partial charge in [-0.05, 0) is 24.1 Å². The minimum atomic E-state index is 0. The summed E-state index contributed by atoms with van der Waals surface area (Å²) >= 11 is 3.43. The van der Waals surface area contributed by atoms with Crippen molar-refractivity contribution in [3.8, 4) is 0 Å². The van der Waals surface area contributed by atoms with E-state index in [2.05, 4.69) is 45.1 Å². The van der Waals surface area contributed by atoms with Crippen molar-refractivity contribution >= 4 is 28.3 Å². The van der Waals surface area contributed by atoms with Crippen molar-refractivity contribution in [2.75, 3.05) is 13.1 Å². The number of rotatable bonds is 2. The molecule has 0 saturated carbocycles.